The molecule has 0 spiro atoms. The molecule has 0 aliphatic rings. The van der Waals surface area contributed by atoms with Crippen LogP contribution in [0.3, 0.4) is 0 Å². The van der Waals surface area contributed by atoms with Crippen molar-refractivity contribution in [2.45, 2.75) is 18.3 Å². The van der Waals surface area contributed by atoms with Crippen LogP contribution in [0.15, 0.2) is 48.4 Å². The van der Waals surface area contributed by atoms with E-state index in [2.05, 4.69) is 16.8 Å². The number of aromatic nitrogens is 3. The standard InChI is InChI=1S/C16H17F3N4OS/c1-3-8-22(10-16(17,18)19)14(24)9-25-15-21-20-11-23(15)13-6-4-12(2)5-7-13/h3-7,11H,1,8-10H2,2H3. The highest BCUT2D eigenvalue weighted by Crippen LogP contribution is 2.22. The molecule has 0 bridgehead atoms. The molecule has 0 atom stereocenters. The first-order valence-corrected chi connectivity index (χ1v) is 8.34. The van der Waals surface area contributed by atoms with Gasteiger partial charge in [0.25, 0.3) is 0 Å². The van der Waals surface area contributed by atoms with E-state index in [9.17, 15) is 18.0 Å². The van der Waals surface area contributed by atoms with E-state index in [1.54, 1.807) is 4.57 Å². The Kier molecular flexibility index (Phi) is 6.24. The SMILES string of the molecule is C=CCN(CC(F)(F)F)C(=O)CSc1nncn1-c1ccc(C)cc1. The van der Waals surface area contributed by atoms with Crippen LogP contribution in [0.1, 0.15) is 5.56 Å². The van der Waals surface area contributed by atoms with E-state index in [4.69, 9.17) is 0 Å². The highest BCUT2D eigenvalue weighted by Gasteiger charge is 2.32. The van der Waals surface area contributed by atoms with E-state index in [-0.39, 0.29) is 12.3 Å². The molecule has 0 radical (unpaired) electrons. The molecule has 0 N–H and O–H groups in total. The van der Waals surface area contributed by atoms with Gasteiger partial charge in [-0.15, -0.1) is 16.8 Å². The molecule has 0 saturated carbocycles. The van der Waals surface area contributed by atoms with Crippen molar-refractivity contribution in [3.8, 4) is 5.69 Å². The number of carbonyl (C=O) groups excluding carboxylic acids is 1. The van der Waals surface area contributed by atoms with Crippen molar-refractivity contribution >= 4 is 17.7 Å². The molecule has 2 aromatic rings. The van der Waals surface area contributed by atoms with Gasteiger partial charge in [0.2, 0.25) is 5.91 Å². The molecule has 5 nitrogen and oxygen atoms in total. The van der Waals surface area contributed by atoms with Gasteiger partial charge < -0.3 is 4.90 Å². The molecule has 9 heteroatoms. The van der Waals surface area contributed by atoms with E-state index < -0.39 is 18.6 Å². The Labute approximate surface area is 147 Å². The minimum atomic E-state index is -4.45. The predicted molar refractivity (Wildman–Crippen MR) is 89.7 cm³/mol. The van der Waals surface area contributed by atoms with E-state index >= 15 is 0 Å². The van der Waals surface area contributed by atoms with Crippen molar-refractivity contribution < 1.29 is 18.0 Å². The van der Waals surface area contributed by atoms with Gasteiger partial charge in [0, 0.05) is 12.2 Å². The highest BCUT2D eigenvalue weighted by atomic mass is 32.2. The molecule has 25 heavy (non-hydrogen) atoms. The molecule has 2 rings (SSSR count). The lowest BCUT2D eigenvalue weighted by molar-refractivity contribution is -0.158. The average molecular weight is 370 g/mol. The quantitative estimate of drug-likeness (QED) is 0.555. The van der Waals surface area contributed by atoms with E-state index in [1.807, 2.05) is 31.2 Å². The van der Waals surface area contributed by atoms with Crippen molar-refractivity contribution in [2.24, 2.45) is 0 Å². The minimum absolute atomic E-state index is 0.163. The van der Waals surface area contributed by atoms with Crippen LogP contribution in [0.25, 0.3) is 5.69 Å². The first-order valence-electron chi connectivity index (χ1n) is 7.35. The first-order chi connectivity index (χ1) is 11.8. The zero-order chi connectivity index (χ0) is 18.4. The number of alkyl halides is 3. The average Bonchev–Trinajstić information content (AvgIpc) is 3.00. The van der Waals surface area contributed by atoms with E-state index in [0.717, 1.165) is 23.0 Å². The van der Waals surface area contributed by atoms with Gasteiger partial charge >= 0.3 is 6.18 Å². The van der Waals surface area contributed by atoms with Crippen LogP contribution in [0.2, 0.25) is 0 Å². The van der Waals surface area contributed by atoms with Gasteiger partial charge in [-0.1, -0.05) is 35.5 Å². The maximum atomic E-state index is 12.6. The van der Waals surface area contributed by atoms with Gasteiger partial charge in [-0.05, 0) is 19.1 Å². The lowest BCUT2D eigenvalue weighted by atomic mass is 10.2. The third-order valence-corrected chi connectivity index (χ3v) is 4.15. The van der Waals surface area contributed by atoms with Crippen molar-refractivity contribution in [1.29, 1.82) is 0 Å². The summed E-state index contributed by atoms with van der Waals surface area (Å²) in [5.74, 6) is -0.810. The number of nitrogens with zero attached hydrogens (tertiary/aromatic N) is 4. The number of hydrogen-bond acceptors (Lipinski definition) is 4. The molecular formula is C16H17F3N4OS. The molecule has 0 unspecified atom stereocenters. The smallest absolute Gasteiger partial charge is 0.329 e. The molecular weight excluding hydrogens is 353 g/mol. The van der Waals surface area contributed by atoms with Crippen LogP contribution >= 0.6 is 11.8 Å². The summed E-state index contributed by atoms with van der Waals surface area (Å²) in [5, 5.41) is 8.17. The van der Waals surface area contributed by atoms with E-state index in [0.29, 0.717) is 10.1 Å². The lowest BCUT2D eigenvalue weighted by Gasteiger charge is -2.22. The lowest BCUT2D eigenvalue weighted by Crippen LogP contribution is -2.40. The molecule has 1 aromatic heterocycles. The van der Waals surface area contributed by atoms with Crippen molar-refractivity contribution in [3.05, 3.63) is 48.8 Å². The zero-order valence-electron chi connectivity index (χ0n) is 13.5. The summed E-state index contributed by atoms with van der Waals surface area (Å²) >= 11 is 1.04. The predicted octanol–water partition coefficient (Wildman–Crippen LogP) is 3.24. The Balaban J connectivity index is 2.05. The number of thioether (sulfide) groups is 1. The fourth-order valence-electron chi connectivity index (χ4n) is 2.05. The van der Waals surface area contributed by atoms with Gasteiger partial charge in [0.05, 0.1) is 5.75 Å². The molecule has 0 aliphatic carbocycles. The highest BCUT2D eigenvalue weighted by molar-refractivity contribution is 7.99. The molecule has 1 aromatic carbocycles. The molecule has 0 fully saturated rings. The summed E-state index contributed by atoms with van der Waals surface area (Å²) in [7, 11) is 0. The maximum Gasteiger partial charge on any atom is 0.406 e. The normalized spacial score (nSPS) is 11.4. The van der Waals surface area contributed by atoms with Crippen molar-refractivity contribution in [2.75, 3.05) is 18.8 Å². The Hall–Kier alpha value is -2.29. The van der Waals surface area contributed by atoms with Crippen molar-refractivity contribution in [1.82, 2.24) is 19.7 Å². The van der Waals surface area contributed by atoms with Crippen LogP contribution in [-0.4, -0.2) is 50.6 Å². The van der Waals surface area contributed by atoms with Crippen LogP contribution < -0.4 is 0 Å². The largest absolute Gasteiger partial charge is 0.406 e. The first kappa shape index (κ1) is 19.0. The molecule has 0 aliphatic heterocycles. The van der Waals surface area contributed by atoms with Crippen molar-refractivity contribution in [3.63, 3.8) is 0 Å². The molecule has 0 saturated heterocycles. The number of hydrogen-bond donors (Lipinski definition) is 0. The van der Waals surface area contributed by atoms with E-state index in [1.165, 1.54) is 12.4 Å². The van der Waals surface area contributed by atoms with Gasteiger partial charge in [-0.2, -0.15) is 13.2 Å². The summed E-state index contributed by atoms with van der Waals surface area (Å²) in [5.41, 5.74) is 1.90. The third kappa shape index (κ3) is 5.63. The second-order valence-electron chi connectivity index (χ2n) is 5.29. The number of aryl methyl sites for hydroxylation is 1. The zero-order valence-corrected chi connectivity index (χ0v) is 14.3. The second-order valence-corrected chi connectivity index (χ2v) is 6.23. The Morgan fingerprint density at radius 2 is 2.04 bits per heavy atom. The Bertz CT molecular complexity index is 728. The van der Waals surface area contributed by atoms with Gasteiger partial charge in [-0.25, -0.2) is 0 Å². The summed E-state index contributed by atoms with van der Waals surface area (Å²) in [4.78, 5) is 12.8. The summed E-state index contributed by atoms with van der Waals surface area (Å²) < 4.78 is 39.4. The number of rotatable bonds is 7. The summed E-state index contributed by atoms with van der Waals surface area (Å²) in [6.45, 7) is 3.88. The second kappa shape index (κ2) is 8.19. The number of carbonyl (C=O) groups is 1. The van der Waals surface area contributed by atoms with Crippen LogP contribution in [-0.2, 0) is 4.79 Å². The van der Waals surface area contributed by atoms with Gasteiger partial charge in [0.1, 0.15) is 12.9 Å². The number of benzene rings is 1. The van der Waals surface area contributed by atoms with Crippen LogP contribution in [0.4, 0.5) is 13.2 Å². The fraction of sp³-hybridized carbons (Fsp3) is 0.312. The molecule has 134 valence electrons. The minimum Gasteiger partial charge on any atom is -0.329 e. The monoisotopic (exact) mass is 370 g/mol. The van der Waals surface area contributed by atoms with Gasteiger partial charge in [-0.3, -0.25) is 9.36 Å². The van der Waals surface area contributed by atoms with Gasteiger partial charge in [0.15, 0.2) is 5.16 Å². The van der Waals surface area contributed by atoms with Crippen LogP contribution in [0, 0.1) is 6.92 Å². The Morgan fingerprint density at radius 3 is 2.64 bits per heavy atom. The van der Waals surface area contributed by atoms with Crippen LogP contribution in [0.5, 0.6) is 0 Å². The number of halogens is 3. The third-order valence-electron chi connectivity index (χ3n) is 3.23. The summed E-state index contributed by atoms with van der Waals surface area (Å²) in [6.07, 6.45) is -1.69. The Morgan fingerprint density at radius 1 is 1.36 bits per heavy atom. The molecule has 1 heterocycles. The fourth-order valence-corrected chi connectivity index (χ4v) is 2.88. The topological polar surface area (TPSA) is 51.0 Å². The number of amides is 1. The maximum absolute atomic E-state index is 12.6. The molecule has 1 amide bonds. The summed E-state index contributed by atoms with van der Waals surface area (Å²) in [6, 6.07) is 7.59.